The van der Waals surface area contributed by atoms with E-state index in [0.717, 1.165) is 11.9 Å². The molecule has 0 bridgehead atoms. The van der Waals surface area contributed by atoms with Crippen LogP contribution >= 0.6 is 0 Å². The van der Waals surface area contributed by atoms with E-state index in [0.29, 0.717) is 44.9 Å². The van der Waals surface area contributed by atoms with Gasteiger partial charge in [-0.1, -0.05) is 53.2 Å². The molecule has 0 unspecified atom stereocenters. The molecule has 8 aliphatic rings. The maximum atomic E-state index is 13.8. The minimum absolute atomic E-state index is 0.0521. The van der Waals surface area contributed by atoms with Gasteiger partial charge in [-0.3, -0.25) is 0 Å². The average Bonchev–Trinajstić information content (AvgIpc) is 3.27. The van der Waals surface area contributed by atoms with Crippen LogP contribution in [0.25, 0.3) is 0 Å². The summed E-state index contributed by atoms with van der Waals surface area (Å²) in [6.45, 7) is 13.1. The number of aldehydes is 1. The predicted octanol–water partition coefficient (Wildman–Crippen LogP) is -2.69. The van der Waals surface area contributed by atoms with Gasteiger partial charge in [0.15, 0.2) is 18.9 Å². The Morgan fingerprint density at radius 3 is 1.97 bits per heavy atom. The van der Waals surface area contributed by atoms with E-state index in [9.17, 15) is 70.6 Å². The van der Waals surface area contributed by atoms with Crippen molar-refractivity contribution in [1.29, 1.82) is 0 Å². The molecule has 3 aliphatic heterocycles. The van der Waals surface area contributed by atoms with Crippen LogP contribution in [0, 0.1) is 50.2 Å². The molecule has 25 atom stereocenters. The summed E-state index contributed by atoms with van der Waals surface area (Å²) in [7, 11) is 0. The lowest BCUT2D eigenvalue weighted by Crippen LogP contribution is -2.70. The lowest BCUT2D eigenvalue weighted by atomic mass is 9.33. The Labute approximate surface area is 395 Å². The summed E-state index contributed by atoms with van der Waals surface area (Å²) in [5.41, 5.74) is -3.41. The first kappa shape index (κ1) is 52.1. The van der Waals surface area contributed by atoms with Gasteiger partial charge in [0.05, 0.1) is 42.3 Å². The number of rotatable bonds is 10. The third-order valence-corrected chi connectivity index (χ3v) is 19.3. The Bertz CT molecular complexity index is 1950. The van der Waals surface area contributed by atoms with Gasteiger partial charge < -0.3 is 99.0 Å². The van der Waals surface area contributed by atoms with Crippen LogP contribution in [-0.4, -0.2) is 175 Å². The number of hydrogen-bond donors (Lipinski definition) is 9. The number of fused-ring (bicyclic) bond motifs is 7. The van der Waals surface area contributed by atoms with E-state index in [1.807, 2.05) is 0 Å². The number of allylic oxidation sites excluding steroid dienone is 2. The maximum absolute atomic E-state index is 13.8. The summed E-state index contributed by atoms with van der Waals surface area (Å²) in [6, 6.07) is 0. The molecule has 0 amide bonds. The van der Waals surface area contributed by atoms with E-state index in [-0.39, 0.29) is 30.1 Å². The SMILES string of the molecule is C[C@@H]1O[C@@H](O[C@H]2[C@H](O)[C@@H](C(=O)[O-])O[C@@H](O[C@H]3CC[C@]4(C)[C@H]5CC=C6[C@@H]7CC(C)(C)CC[C@]7(C(=O)[O-])[C@H](O)C[C@@]6(C)[C@]5(C)CC[C@H]4[C@]3(C)C=O)[C@@H]2O[C@@H]2O[C@H](CO)[C@H](O)[C@H](O)[C@H]2O)[C@H](O)[C@H](O)[C@H]1O. The van der Waals surface area contributed by atoms with Gasteiger partial charge in [-0.05, 0) is 104 Å². The highest BCUT2D eigenvalue weighted by Crippen LogP contribution is 2.76. The normalized spacial score (nSPS) is 54.5. The molecule has 68 heavy (non-hydrogen) atoms. The molecule has 0 spiro atoms. The molecule has 3 saturated heterocycles. The molecule has 386 valence electrons. The minimum Gasteiger partial charge on any atom is -0.549 e. The molecule has 8 rings (SSSR count). The summed E-state index contributed by atoms with van der Waals surface area (Å²) in [6.07, 6.45) is -22.8. The molecular weight excluding hydrogens is 897 g/mol. The number of aliphatic carboxylic acids is 2. The number of aliphatic hydroxyl groups is 9. The molecule has 3 heterocycles. The van der Waals surface area contributed by atoms with Gasteiger partial charge in [0.2, 0.25) is 0 Å². The molecular formula is C48H72O20-2. The molecule has 0 aromatic carbocycles. The summed E-state index contributed by atoms with van der Waals surface area (Å²) >= 11 is 0. The molecule has 4 saturated carbocycles. The van der Waals surface area contributed by atoms with Gasteiger partial charge in [0.25, 0.3) is 0 Å². The number of carbonyl (C=O) groups is 3. The third-order valence-electron chi connectivity index (χ3n) is 19.3. The minimum atomic E-state index is -2.22. The molecule has 20 nitrogen and oxygen atoms in total. The molecule has 0 aromatic heterocycles. The molecule has 5 aliphatic carbocycles. The first-order valence-corrected chi connectivity index (χ1v) is 24.2. The third kappa shape index (κ3) is 7.77. The first-order chi connectivity index (χ1) is 31.7. The largest absolute Gasteiger partial charge is 0.549 e. The van der Waals surface area contributed by atoms with Crippen LogP contribution in [0.15, 0.2) is 11.6 Å². The summed E-state index contributed by atoms with van der Waals surface area (Å²) < 4.78 is 36.0. The number of aliphatic hydroxyl groups excluding tert-OH is 9. The van der Waals surface area contributed by atoms with Crippen molar-refractivity contribution in [3.8, 4) is 0 Å². The van der Waals surface area contributed by atoms with Gasteiger partial charge in [-0.25, -0.2) is 0 Å². The fourth-order valence-corrected chi connectivity index (χ4v) is 15.0. The van der Waals surface area contributed by atoms with Crippen LogP contribution < -0.4 is 10.2 Å². The Morgan fingerprint density at radius 1 is 0.721 bits per heavy atom. The second kappa shape index (κ2) is 18.0. The van der Waals surface area contributed by atoms with Crippen LogP contribution in [-0.2, 0) is 42.8 Å². The Balaban J connectivity index is 1.13. The van der Waals surface area contributed by atoms with Gasteiger partial charge in [0, 0.05) is 5.41 Å². The predicted molar refractivity (Wildman–Crippen MR) is 226 cm³/mol. The van der Waals surface area contributed by atoms with Crippen molar-refractivity contribution < 1.29 is 99.0 Å². The molecule has 20 heteroatoms. The monoisotopic (exact) mass is 968 g/mol. The Kier molecular flexibility index (Phi) is 13.8. The van der Waals surface area contributed by atoms with Crippen LogP contribution in [0.2, 0.25) is 0 Å². The number of carbonyl (C=O) groups excluding carboxylic acids is 3. The van der Waals surface area contributed by atoms with Gasteiger partial charge in [-0.2, -0.15) is 0 Å². The molecule has 0 aromatic rings. The smallest absolute Gasteiger partial charge is 0.187 e. The quantitative estimate of drug-likeness (QED) is 0.0611. The summed E-state index contributed by atoms with van der Waals surface area (Å²) in [4.78, 5) is 39.6. The van der Waals surface area contributed by atoms with Gasteiger partial charge in [-0.15, -0.1) is 0 Å². The number of carboxylic acids is 2. The summed E-state index contributed by atoms with van der Waals surface area (Å²) in [5, 5.41) is 124. The van der Waals surface area contributed by atoms with Crippen LogP contribution in [0.4, 0.5) is 0 Å². The first-order valence-electron chi connectivity index (χ1n) is 24.2. The van der Waals surface area contributed by atoms with E-state index in [4.69, 9.17) is 28.4 Å². The summed E-state index contributed by atoms with van der Waals surface area (Å²) in [5.74, 6) is -3.99. The zero-order valence-corrected chi connectivity index (χ0v) is 39.8. The Hall–Kier alpha value is -2.25. The topological polar surface area (TPSA) is 335 Å². The zero-order valence-electron chi connectivity index (χ0n) is 39.8. The van der Waals surface area contributed by atoms with E-state index in [1.165, 1.54) is 6.92 Å². The van der Waals surface area contributed by atoms with Crippen LogP contribution in [0.1, 0.15) is 106 Å². The fourth-order valence-electron chi connectivity index (χ4n) is 15.0. The molecule has 7 fully saturated rings. The van der Waals surface area contributed by atoms with Crippen LogP contribution in [0.3, 0.4) is 0 Å². The van der Waals surface area contributed by atoms with Crippen molar-refractivity contribution in [2.45, 2.75) is 211 Å². The lowest BCUT2D eigenvalue weighted by molar-refractivity contribution is -0.403. The van der Waals surface area contributed by atoms with Crippen molar-refractivity contribution in [1.82, 2.24) is 0 Å². The second-order valence-electron chi connectivity index (χ2n) is 23.2. The fraction of sp³-hybridized carbons (Fsp3) is 0.896. The Morgan fingerprint density at radius 2 is 1.35 bits per heavy atom. The van der Waals surface area contributed by atoms with Crippen molar-refractivity contribution >= 4 is 18.2 Å². The highest BCUT2D eigenvalue weighted by Gasteiger charge is 2.71. The van der Waals surface area contributed by atoms with E-state index < -0.39 is 156 Å². The number of ether oxygens (including phenoxy) is 6. The number of carboxylic acid groups (broad SMARTS) is 2. The van der Waals surface area contributed by atoms with Crippen molar-refractivity contribution in [2.24, 2.45) is 50.2 Å². The van der Waals surface area contributed by atoms with E-state index in [2.05, 4.69) is 40.7 Å². The van der Waals surface area contributed by atoms with E-state index in [1.54, 1.807) is 6.92 Å². The van der Waals surface area contributed by atoms with Gasteiger partial charge in [0.1, 0.15) is 73.4 Å². The second-order valence-corrected chi connectivity index (χ2v) is 23.2. The van der Waals surface area contributed by atoms with Crippen molar-refractivity contribution in [3.05, 3.63) is 11.6 Å². The molecule has 0 radical (unpaired) electrons. The van der Waals surface area contributed by atoms with Crippen molar-refractivity contribution in [3.63, 3.8) is 0 Å². The standard InChI is InChI=1S/C48H74O20/c1-20-28(52)30(54)32(56)39(63-20)66-35-34(58)36(38(59)60)67-41(37(35)68-40-33(57)31(55)29(53)23(18-49)64-40)65-27-11-12-44(4)24(45(27,5)19-50)10-13-46(6)25(44)9-8-21-22-16-43(2,3)14-15-48(22,42(61)62)26(51)17-47(21,46)7/h8,19-20,22-37,39-41,49,51-58H,9-18H2,1-7H3,(H,59,60)(H,61,62)/p-2/t20-,22-,23+,24+,25+,26+,27-,28-,29-,30+,31-,32+,33+,34-,35-,36-,37+,39-,40-,41+,44-,45-,46+,47+,48+/m0/s1. The average molecular weight is 969 g/mol. The van der Waals surface area contributed by atoms with Gasteiger partial charge >= 0.3 is 0 Å². The highest BCUT2D eigenvalue weighted by atomic mass is 16.8. The zero-order chi connectivity index (χ0) is 50.0. The van der Waals surface area contributed by atoms with Crippen LogP contribution in [0.5, 0.6) is 0 Å². The molecule has 9 N–H and O–H groups in total. The lowest BCUT2D eigenvalue weighted by Gasteiger charge is -2.72. The highest BCUT2D eigenvalue weighted by molar-refractivity contribution is 5.76. The van der Waals surface area contributed by atoms with Crippen molar-refractivity contribution in [2.75, 3.05) is 6.61 Å². The number of hydrogen-bond acceptors (Lipinski definition) is 20. The van der Waals surface area contributed by atoms with E-state index >= 15 is 0 Å². The maximum Gasteiger partial charge on any atom is 0.187 e.